The number of hydrogen-bond acceptors (Lipinski definition) is 6. The van der Waals surface area contributed by atoms with E-state index >= 15 is 0 Å². The van der Waals surface area contributed by atoms with Crippen LogP contribution in [0.25, 0.3) is 0 Å². The Bertz CT molecular complexity index is 658. The van der Waals surface area contributed by atoms with Crippen molar-refractivity contribution in [2.45, 2.75) is 39.8 Å². The molecular formula is C21H34ClN3O4. The van der Waals surface area contributed by atoms with Crippen LogP contribution in [0.4, 0.5) is 0 Å². The van der Waals surface area contributed by atoms with Gasteiger partial charge in [-0.2, -0.15) is 0 Å². The molecule has 2 rings (SSSR count). The van der Waals surface area contributed by atoms with Crippen molar-refractivity contribution in [2.24, 2.45) is 0 Å². The predicted octanol–water partition coefficient (Wildman–Crippen LogP) is 2.45. The molecule has 1 amide bonds. The standard InChI is InChI=1S/C21H34ClN3O4/c1-5-28-18-12-16(14-23-6-7-25-8-10-27-11-9-25)17(22)13-19(18)29-15-20(26)24-21(2,3)4/h12-13,23H,5-11,14-15H2,1-4H3,(H,24,26). The molecule has 29 heavy (non-hydrogen) atoms. The molecule has 2 N–H and O–H groups in total. The van der Waals surface area contributed by atoms with Crippen molar-refractivity contribution in [2.75, 3.05) is 52.6 Å². The summed E-state index contributed by atoms with van der Waals surface area (Å²) in [5.74, 6) is 0.869. The van der Waals surface area contributed by atoms with Gasteiger partial charge in [-0.05, 0) is 39.3 Å². The van der Waals surface area contributed by atoms with E-state index in [1.165, 1.54) is 0 Å². The first-order valence-corrected chi connectivity index (χ1v) is 10.6. The second kappa shape index (κ2) is 11.6. The number of rotatable bonds is 10. The summed E-state index contributed by atoms with van der Waals surface area (Å²) in [7, 11) is 0. The van der Waals surface area contributed by atoms with Crippen molar-refractivity contribution in [3.05, 3.63) is 22.7 Å². The van der Waals surface area contributed by atoms with Crippen LogP contribution in [0.2, 0.25) is 5.02 Å². The minimum absolute atomic E-state index is 0.0924. The molecule has 164 valence electrons. The lowest BCUT2D eigenvalue weighted by Crippen LogP contribution is -2.43. The summed E-state index contributed by atoms with van der Waals surface area (Å²) >= 11 is 6.45. The molecule has 1 aliphatic rings. The first kappa shape index (κ1) is 23.7. The van der Waals surface area contributed by atoms with E-state index in [0.717, 1.165) is 45.0 Å². The maximum atomic E-state index is 12.0. The number of morpholine rings is 1. The van der Waals surface area contributed by atoms with E-state index in [1.807, 2.05) is 33.8 Å². The molecule has 0 unspecified atom stereocenters. The molecular weight excluding hydrogens is 394 g/mol. The largest absolute Gasteiger partial charge is 0.490 e. The fraction of sp³-hybridized carbons (Fsp3) is 0.667. The van der Waals surface area contributed by atoms with Gasteiger partial charge in [0.1, 0.15) is 0 Å². The number of amides is 1. The van der Waals surface area contributed by atoms with Crippen molar-refractivity contribution in [3.8, 4) is 11.5 Å². The summed E-state index contributed by atoms with van der Waals surface area (Å²) in [5.41, 5.74) is 0.626. The van der Waals surface area contributed by atoms with Crippen LogP contribution in [0, 0.1) is 0 Å². The Morgan fingerprint density at radius 1 is 1.21 bits per heavy atom. The summed E-state index contributed by atoms with van der Waals surface area (Å²) in [6.45, 7) is 14.1. The molecule has 1 aromatic rings. The third kappa shape index (κ3) is 8.78. The summed E-state index contributed by atoms with van der Waals surface area (Å²) in [6, 6.07) is 3.60. The SMILES string of the molecule is CCOc1cc(CNCCN2CCOCC2)c(Cl)cc1OCC(=O)NC(C)(C)C. The first-order valence-electron chi connectivity index (χ1n) is 10.2. The second-order valence-corrected chi connectivity index (χ2v) is 8.45. The smallest absolute Gasteiger partial charge is 0.258 e. The van der Waals surface area contributed by atoms with Crippen LogP contribution in [-0.4, -0.2) is 69.0 Å². The number of ether oxygens (including phenoxy) is 3. The quantitative estimate of drug-likeness (QED) is 0.559. The average molecular weight is 428 g/mol. The van der Waals surface area contributed by atoms with Crippen LogP contribution in [0.1, 0.15) is 33.3 Å². The average Bonchev–Trinajstić information content (AvgIpc) is 2.65. The Hall–Kier alpha value is -1.54. The third-order valence-corrected chi connectivity index (χ3v) is 4.66. The van der Waals surface area contributed by atoms with Gasteiger partial charge in [-0.1, -0.05) is 11.6 Å². The lowest BCUT2D eigenvalue weighted by atomic mass is 10.1. The van der Waals surface area contributed by atoms with Gasteiger partial charge in [0.2, 0.25) is 0 Å². The Morgan fingerprint density at radius 3 is 2.55 bits per heavy atom. The number of carbonyl (C=O) groups excluding carboxylic acids is 1. The number of halogens is 1. The van der Waals surface area contributed by atoms with Gasteiger partial charge in [0.25, 0.3) is 5.91 Å². The van der Waals surface area contributed by atoms with E-state index in [4.69, 9.17) is 25.8 Å². The normalized spacial score (nSPS) is 15.2. The van der Waals surface area contributed by atoms with Gasteiger partial charge in [0, 0.05) is 49.4 Å². The molecule has 1 aromatic carbocycles. The van der Waals surface area contributed by atoms with E-state index in [2.05, 4.69) is 15.5 Å². The highest BCUT2D eigenvalue weighted by Gasteiger charge is 2.16. The molecule has 0 aromatic heterocycles. The molecule has 0 atom stereocenters. The highest BCUT2D eigenvalue weighted by molar-refractivity contribution is 6.31. The molecule has 1 saturated heterocycles. The van der Waals surface area contributed by atoms with Crippen molar-refractivity contribution >= 4 is 17.5 Å². The molecule has 0 spiro atoms. The summed E-state index contributed by atoms with van der Waals surface area (Å²) < 4.78 is 16.7. The van der Waals surface area contributed by atoms with Gasteiger partial charge in [-0.25, -0.2) is 0 Å². The van der Waals surface area contributed by atoms with Crippen molar-refractivity contribution in [1.82, 2.24) is 15.5 Å². The van der Waals surface area contributed by atoms with Crippen molar-refractivity contribution < 1.29 is 19.0 Å². The maximum absolute atomic E-state index is 12.0. The van der Waals surface area contributed by atoms with E-state index in [0.29, 0.717) is 29.7 Å². The minimum atomic E-state index is -0.308. The van der Waals surface area contributed by atoms with E-state index in [9.17, 15) is 4.79 Å². The first-order chi connectivity index (χ1) is 13.8. The molecule has 0 bridgehead atoms. The number of nitrogens with one attached hydrogen (secondary N) is 2. The molecule has 8 heteroatoms. The summed E-state index contributed by atoms with van der Waals surface area (Å²) in [6.07, 6.45) is 0. The second-order valence-electron chi connectivity index (χ2n) is 8.04. The lowest BCUT2D eigenvalue weighted by Gasteiger charge is -2.26. The molecule has 7 nitrogen and oxygen atoms in total. The topological polar surface area (TPSA) is 72.1 Å². The lowest BCUT2D eigenvalue weighted by molar-refractivity contribution is -0.124. The Balaban J connectivity index is 1.90. The molecule has 0 radical (unpaired) electrons. The monoisotopic (exact) mass is 427 g/mol. The van der Waals surface area contributed by atoms with Crippen LogP contribution in [0.5, 0.6) is 11.5 Å². The zero-order valence-corrected chi connectivity index (χ0v) is 18.7. The van der Waals surface area contributed by atoms with Gasteiger partial charge < -0.3 is 24.8 Å². The number of hydrogen-bond donors (Lipinski definition) is 2. The highest BCUT2D eigenvalue weighted by atomic mass is 35.5. The fourth-order valence-electron chi connectivity index (χ4n) is 2.98. The van der Waals surface area contributed by atoms with E-state index < -0.39 is 0 Å². The van der Waals surface area contributed by atoms with Crippen LogP contribution < -0.4 is 20.1 Å². The number of nitrogens with zero attached hydrogens (tertiary/aromatic N) is 1. The molecule has 0 saturated carbocycles. The molecule has 1 fully saturated rings. The van der Waals surface area contributed by atoms with Crippen molar-refractivity contribution in [3.63, 3.8) is 0 Å². The van der Waals surface area contributed by atoms with E-state index in [-0.39, 0.29) is 18.1 Å². The van der Waals surface area contributed by atoms with Gasteiger partial charge in [0.05, 0.1) is 19.8 Å². The Morgan fingerprint density at radius 2 is 1.90 bits per heavy atom. The maximum Gasteiger partial charge on any atom is 0.258 e. The molecule has 1 aliphatic heterocycles. The van der Waals surface area contributed by atoms with Gasteiger partial charge in [-0.3, -0.25) is 9.69 Å². The van der Waals surface area contributed by atoms with Crippen LogP contribution in [0.15, 0.2) is 12.1 Å². The zero-order chi connectivity index (χ0) is 21.3. The zero-order valence-electron chi connectivity index (χ0n) is 18.0. The van der Waals surface area contributed by atoms with Gasteiger partial charge in [-0.15, -0.1) is 0 Å². The van der Waals surface area contributed by atoms with Crippen LogP contribution >= 0.6 is 11.6 Å². The third-order valence-electron chi connectivity index (χ3n) is 4.31. The van der Waals surface area contributed by atoms with Gasteiger partial charge in [0.15, 0.2) is 18.1 Å². The number of carbonyl (C=O) groups is 1. The predicted molar refractivity (Wildman–Crippen MR) is 115 cm³/mol. The van der Waals surface area contributed by atoms with E-state index in [1.54, 1.807) is 6.07 Å². The fourth-order valence-corrected chi connectivity index (χ4v) is 3.20. The minimum Gasteiger partial charge on any atom is -0.490 e. The van der Waals surface area contributed by atoms with Crippen LogP contribution in [0.3, 0.4) is 0 Å². The molecule has 1 heterocycles. The highest BCUT2D eigenvalue weighted by Crippen LogP contribution is 2.33. The Kier molecular flexibility index (Phi) is 9.49. The van der Waals surface area contributed by atoms with Crippen molar-refractivity contribution in [1.29, 1.82) is 0 Å². The molecule has 0 aliphatic carbocycles. The summed E-state index contributed by atoms with van der Waals surface area (Å²) in [5, 5.41) is 6.88. The Labute approximate surface area is 179 Å². The van der Waals surface area contributed by atoms with Gasteiger partial charge >= 0.3 is 0 Å². The summed E-state index contributed by atoms with van der Waals surface area (Å²) in [4.78, 5) is 14.4. The van der Waals surface area contributed by atoms with Crippen LogP contribution in [-0.2, 0) is 16.1 Å². The number of benzene rings is 1.